The lowest BCUT2D eigenvalue weighted by Crippen LogP contribution is -2.16. The number of methoxy groups -OCH3 is 1. The van der Waals surface area contributed by atoms with Crippen LogP contribution in [0.4, 0.5) is 5.69 Å². The smallest absolute Gasteiger partial charge is 0.250 e. The quantitative estimate of drug-likeness (QED) is 0.758. The number of hydrogen-bond donors (Lipinski definition) is 2. The summed E-state index contributed by atoms with van der Waals surface area (Å²) in [6, 6.07) is 11.9. The van der Waals surface area contributed by atoms with Gasteiger partial charge >= 0.3 is 0 Å². The second-order valence-corrected chi connectivity index (χ2v) is 5.08. The number of carbonyl (C=O) groups excluding carboxylic acids is 2. The summed E-state index contributed by atoms with van der Waals surface area (Å²) in [6.07, 6.45) is 3.01. The number of benzene rings is 2. The van der Waals surface area contributed by atoms with Crippen LogP contribution in [0.25, 0.3) is 6.08 Å². The molecule has 0 bridgehead atoms. The lowest BCUT2D eigenvalue weighted by Gasteiger charge is -2.09. The fraction of sp³-hybridized carbons (Fsp3) is 0.158. The number of rotatable bonds is 7. The van der Waals surface area contributed by atoms with Gasteiger partial charge in [0, 0.05) is 6.08 Å². The molecule has 3 N–H and O–H groups in total. The van der Waals surface area contributed by atoms with Crippen LogP contribution in [0, 0.1) is 0 Å². The van der Waals surface area contributed by atoms with E-state index in [0.717, 1.165) is 5.56 Å². The van der Waals surface area contributed by atoms with Crippen LogP contribution in [0.2, 0.25) is 0 Å². The van der Waals surface area contributed by atoms with E-state index in [2.05, 4.69) is 5.32 Å². The van der Waals surface area contributed by atoms with Gasteiger partial charge in [0.2, 0.25) is 5.91 Å². The molecule has 2 rings (SSSR count). The molecule has 0 saturated heterocycles. The molecule has 0 saturated carbocycles. The van der Waals surface area contributed by atoms with Gasteiger partial charge in [0.25, 0.3) is 5.91 Å². The van der Waals surface area contributed by atoms with Gasteiger partial charge in [-0.25, -0.2) is 0 Å². The summed E-state index contributed by atoms with van der Waals surface area (Å²) < 4.78 is 10.7. The number of amides is 2. The van der Waals surface area contributed by atoms with Gasteiger partial charge in [-0.3, -0.25) is 9.59 Å². The Kier molecular flexibility index (Phi) is 6.17. The van der Waals surface area contributed by atoms with Crippen LogP contribution < -0.4 is 20.5 Å². The summed E-state index contributed by atoms with van der Waals surface area (Å²) in [7, 11) is 1.55. The van der Waals surface area contributed by atoms with Crippen molar-refractivity contribution in [2.75, 3.05) is 19.0 Å². The fourth-order valence-corrected chi connectivity index (χ4v) is 2.22. The third-order valence-corrected chi connectivity index (χ3v) is 3.37. The molecule has 0 aliphatic carbocycles. The molecule has 2 amide bonds. The first-order valence-electron chi connectivity index (χ1n) is 7.74. The van der Waals surface area contributed by atoms with Gasteiger partial charge in [0.15, 0.2) is 11.5 Å². The standard InChI is InChI=1S/C19H20N2O4/c1-3-25-16-10-8-13(12-17(16)24-2)9-11-18(22)21-15-7-5-4-6-14(15)19(20)23/h4-12H,3H2,1-2H3,(H2,20,23)(H,21,22). The number of anilines is 1. The molecule has 0 radical (unpaired) electrons. The minimum Gasteiger partial charge on any atom is -0.493 e. The summed E-state index contributed by atoms with van der Waals surface area (Å²) >= 11 is 0. The highest BCUT2D eigenvalue weighted by atomic mass is 16.5. The van der Waals surface area contributed by atoms with Gasteiger partial charge in [-0.05, 0) is 42.8 Å². The molecule has 2 aromatic carbocycles. The van der Waals surface area contributed by atoms with Crippen molar-refractivity contribution < 1.29 is 19.1 Å². The summed E-state index contributed by atoms with van der Waals surface area (Å²) in [5.41, 5.74) is 6.69. The van der Waals surface area contributed by atoms with E-state index in [1.807, 2.05) is 13.0 Å². The van der Waals surface area contributed by atoms with E-state index in [1.54, 1.807) is 49.6 Å². The molecule has 0 aliphatic heterocycles. The molecule has 0 heterocycles. The summed E-state index contributed by atoms with van der Waals surface area (Å²) in [6.45, 7) is 2.43. The van der Waals surface area contributed by atoms with Crippen LogP contribution in [0.15, 0.2) is 48.5 Å². The third-order valence-electron chi connectivity index (χ3n) is 3.37. The number of nitrogens with one attached hydrogen (secondary N) is 1. The number of nitrogens with two attached hydrogens (primary N) is 1. The lowest BCUT2D eigenvalue weighted by atomic mass is 10.1. The predicted octanol–water partition coefficient (Wildman–Crippen LogP) is 2.84. The van der Waals surface area contributed by atoms with Gasteiger partial charge in [-0.2, -0.15) is 0 Å². The van der Waals surface area contributed by atoms with Crippen molar-refractivity contribution in [3.63, 3.8) is 0 Å². The minimum absolute atomic E-state index is 0.256. The topological polar surface area (TPSA) is 90.6 Å². The van der Waals surface area contributed by atoms with Gasteiger partial charge in [-0.15, -0.1) is 0 Å². The molecule has 6 nitrogen and oxygen atoms in total. The number of hydrogen-bond acceptors (Lipinski definition) is 4. The summed E-state index contributed by atoms with van der Waals surface area (Å²) in [4.78, 5) is 23.4. The highest BCUT2D eigenvalue weighted by Crippen LogP contribution is 2.28. The number of primary amides is 1. The maximum atomic E-state index is 12.1. The molecular weight excluding hydrogens is 320 g/mol. The normalized spacial score (nSPS) is 10.5. The third kappa shape index (κ3) is 4.84. The maximum Gasteiger partial charge on any atom is 0.250 e. The van der Waals surface area contributed by atoms with E-state index < -0.39 is 5.91 Å². The lowest BCUT2D eigenvalue weighted by molar-refractivity contribution is -0.111. The largest absolute Gasteiger partial charge is 0.493 e. The van der Waals surface area contributed by atoms with E-state index in [-0.39, 0.29) is 11.5 Å². The van der Waals surface area contributed by atoms with Crippen LogP contribution in [0.3, 0.4) is 0 Å². The van der Waals surface area contributed by atoms with Crippen LogP contribution in [-0.2, 0) is 4.79 Å². The van der Waals surface area contributed by atoms with Gasteiger partial charge in [0.05, 0.1) is 25.0 Å². The van der Waals surface area contributed by atoms with Crippen molar-refractivity contribution in [2.45, 2.75) is 6.92 Å². The zero-order valence-electron chi connectivity index (χ0n) is 14.1. The van der Waals surface area contributed by atoms with Crippen molar-refractivity contribution in [1.29, 1.82) is 0 Å². The minimum atomic E-state index is -0.601. The first-order valence-corrected chi connectivity index (χ1v) is 7.74. The molecule has 6 heteroatoms. The average Bonchev–Trinajstić information content (AvgIpc) is 2.61. The summed E-state index contributed by atoms with van der Waals surface area (Å²) in [5.74, 6) is 0.253. The SMILES string of the molecule is CCOc1ccc(C=CC(=O)Nc2ccccc2C(N)=O)cc1OC. The Labute approximate surface area is 146 Å². The molecule has 2 aromatic rings. The van der Waals surface area contributed by atoms with Crippen LogP contribution >= 0.6 is 0 Å². The molecule has 0 spiro atoms. The Bertz CT molecular complexity index is 800. The van der Waals surface area contributed by atoms with Gasteiger partial charge in [-0.1, -0.05) is 18.2 Å². The van der Waals surface area contributed by atoms with E-state index in [4.69, 9.17) is 15.2 Å². The van der Waals surface area contributed by atoms with Crippen LogP contribution in [-0.4, -0.2) is 25.5 Å². The Hall–Kier alpha value is -3.28. The zero-order valence-corrected chi connectivity index (χ0v) is 14.1. The van der Waals surface area contributed by atoms with E-state index in [1.165, 1.54) is 6.08 Å². The van der Waals surface area contributed by atoms with E-state index in [9.17, 15) is 9.59 Å². The Morgan fingerprint density at radius 1 is 1.16 bits per heavy atom. The monoisotopic (exact) mass is 340 g/mol. The molecule has 0 aliphatic rings. The van der Waals surface area contributed by atoms with Crippen molar-refractivity contribution in [3.05, 3.63) is 59.7 Å². The molecule has 130 valence electrons. The van der Waals surface area contributed by atoms with Crippen molar-refractivity contribution in [1.82, 2.24) is 0 Å². The second-order valence-electron chi connectivity index (χ2n) is 5.08. The van der Waals surface area contributed by atoms with E-state index >= 15 is 0 Å². The zero-order chi connectivity index (χ0) is 18.2. The predicted molar refractivity (Wildman–Crippen MR) is 96.8 cm³/mol. The van der Waals surface area contributed by atoms with Gasteiger partial charge in [0.1, 0.15) is 0 Å². The molecule has 0 fully saturated rings. The van der Waals surface area contributed by atoms with Crippen molar-refractivity contribution in [3.8, 4) is 11.5 Å². The average molecular weight is 340 g/mol. The Balaban J connectivity index is 2.12. The van der Waals surface area contributed by atoms with Gasteiger partial charge < -0.3 is 20.5 Å². The summed E-state index contributed by atoms with van der Waals surface area (Å²) in [5, 5.41) is 2.64. The Morgan fingerprint density at radius 3 is 2.60 bits per heavy atom. The molecule has 0 unspecified atom stereocenters. The molecular formula is C19H20N2O4. The van der Waals surface area contributed by atoms with Crippen LogP contribution in [0.1, 0.15) is 22.8 Å². The fourth-order valence-electron chi connectivity index (χ4n) is 2.22. The Morgan fingerprint density at radius 2 is 1.92 bits per heavy atom. The maximum absolute atomic E-state index is 12.1. The second kappa shape index (κ2) is 8.54. The first kappa shape index (κ1) is 18.1. The highest BCUT2D eigenvalue weighted by Gasteiger charge is 2.09. The van der Waals surface area contributed by atoms with Crippen molar-refractivity contribution in [2.24, 2.45) is 5.73 Å². The van der Waals surface area contributed by atoms with Crippen LogP contribution in [0.5, 0.6) is 11.5 Å². The number of para-hydroxylation sites is 1. The molecule has 25 heavy (non-hydrogen) atoms. The highest BCUT2D eigenvalue weighted by molar-refractivity contribution is 6.07. The first-order chi connectivity index (χ1) is 12.0. The number of carbonyl (C=O) groups is 2. The molecule has 0 atom stereocenters. The number of ether oxygens (including phenoxy) is 2. The van der Waals surface area contributed by atoms with E-state index in [0.29, 0.717) is 23.8 Å². The van der Waals surface area contributed by atoms with Crippen molar-refractivity contribution >= 4 is 23.6 Å². The molecule has 0 aromatic heterocycles.